The van der Waals surface area contributed by atoms with Crippen LogP contribution in [0.5, 0.6) is 5.75 Å². The van der Waals surface area contributed by atoms with Crippen molar-refractivity contribution in [1.29, 1.82) is 0 Å². The zero-order valence-corrected chi connectivity index (χ0v) is 15.8. The molecule has 1 aromatic heterocycles. The van der Waals surface area contributed by atoms with Gasteiger partial charge >= 0.3 is 0 Å². The average molecular weight is 356 g/mol. The summed E-state index contributed by atoms with van der Waals surface area (Å²) in [5.74, 6) is 2.43. The molecule has 2 rings (SSSR count). The van der Waals surface area contributed by atoms with Crippen LogP contribution >= 0.6 is 12.4 Å². The number of allylic oxidation sites excluding steroid dienone is 1. The molecule has 0 radical (unpaired) electrons. The van der Waals surface area contributed by atoms with Crippen molar-refractivity contribution in [2.24, 2.45) is 11.8 Å². The first-order chi connectivity index (χ1) is 11.0. The van der Waals surface area contributed by atoms with Crippen molar-refractivity contribution >= 4 is 18.1 Å². The Morgan fingerprint density at radius 2 is 1.92 bits per heavy atom. The van der Waals surface area contributed by atoms with Gasteiger partial charge in [-0.25, -0.2) is 9.97 Å². The Kier molecular flexibility index (Phi) is 8.50. The molecule has 0 aliphatic carbocycles. The Morgan fingerprint density at radius 1 is 1.25 bits per heavy atom. The van der Waals surface area contributed by atoms with Gasteiger partial charge in [0.1, 0.15) is 0 Å². The smallest absolute Gasteiger partial charge is 0.175 e. The van der Waals surface area contributed by atoms with Crippen LogP contribution in [0.3, 0.4) is 0 Å². The number of aliphatic hydroxyl groups excluding tert-OH is 1. The van der Waals surface area contributed by atoms with Gasteiger partial charge < -0.3 is 15.2 Å². The van der Waals surface area contributed by atoms with Crippen LogP contribution in [0.15, 0.2) is 18.5 Å². The van der Waals surface area contributed by atoms with Crippen LogP contribution in [0.25, 0.3) is 5.70 Å². The van der Waals surface area contributed by atoms with Crippen molar-refractivity contribution < 1.29 is 9.84 Å². The molecule has 1 aliphatic heterocycles. The molecule has 0 fully saturated rings. The second-order valence-corrected chi connectivity index (χ2v) is 6.93. The highest BCUT2D eigenvalue weighted by molar-refractivity contribution is 5.85. The molecule has 136 valence electrons. The number of nitrogens with zero attached hydrogens (tertiary/aromatic N) is 2. The van der Waals surface area contributed by atoms with Gasteiger partial charge in [0.15, 0.2) is 11.6 Å². The molecule has 2 atom stereocenters. The first-order valence-electron chi connectivity index (χ1n) is 8.56. The van der Waals surface area contributed by atoms with E-state index in [1.807, 2.05) is 13.8 Å². The van der Waals surface area contributed by atoms with Crippen molar-refractivity contribution in [3.63, 3.8) is 0 Å². The van der Waals surface area contributed by atoms with Gasteiger partial charge in [0.2, 0.25) is 0 Å². The van der Waals surface area contributed by atoms with Crippen molar-refractivity contribution in [3.8, 4) is 5.75 Å². The number of nitrogens with one attached hydrogen (secondary N) is 1. The minimum absolute atomic E-state index is 0. The zero-order chi connectivity index (χ0) is 16.8. The fraction of sp³-hybridized carbons (Fsp3) is 0.667. The second-order valence-electron chi connectivity index (χ2n) is 6.93. The van der Waals surface area contributed by atoms with Crippen LogP contribution in [0.2, 0.25) is 0 Å². The van der Waals surface area contributed by atoms with Crippen molar-refractivity contribution in [1.82, 2.24) is 15.3 Å². The molecule has 0 saturated carbocycles. The monoisotopic (exact) mass is 355 g/mol. The Bertz CT molecular complexity index is 518. The molecule has 6 heteroatoms. The minimum atomic E-state index is 0. The summed E-state index contributed by atoms with van der Waals surface area (Å²) < 4.78 is 5.58. The fourth-order valence-corrected chi connectivity index (χ4v) is 3.05. The summed E-state index contributed by atoms with van der Waals surface area (Å²) in [6.07, 6.45) is 8.82. The number of aliphatic hydroxyl groups is 1. The summed E-state index contributed by atoms with van der Waals surface area (Å²) in [7, 11) is 0. The van der Waals surface area contributed by atoms with E-state index in [1.54, 1.807) is 12.4 Å². The summed E-state index contributed by atoms with van der Waals surface area (Å²) >= 11 is 0. The van der Waals surface area contributed by atoms with Crippen LogP contribution in [-0.2, 0) is 0 Å². The predicted octanol–water partition coefficient (Wildman–Crippen LogP) is 3.43. The van der Waals surface area contributed by atoms with Crippen molar-refractivity contribution in [2.45, 2.75) is 59.1 Å². The molecule has 5 nitrogen and oxygen atoms in total. The van der Waals surface area contributed by atoms with E-state index in [2.05, 4.69) is 35.2 Å². The Hall–Kier alpha value is -1.33. The summed E-state index contributed by atoms with van der Waals surface area (Å²) in [6.45, 7) is 8.53. The molecular weight excluding hydrogens is 326 g/mol. The van der Waals surface area contributed by atoms with Crippen LogP contribution in [-0.4, -0.2) is 33.8 Å². The van der Waals surface area contributed by atoms with Gasteiger partial charge in [-0.1, -0.05) is 19.9 Å². The molecule has 0 spiro atoms. The molecular formula is C18H30ClN3O2. The number of rotatable bonds is 6. The van der Waals surface area contributed by atoms with E-state index >= 15 is 0 Å². The van der Waals surface area contributed by atoms with Gasteiger partial charge in [0, 0.05) is 0 Å². The fourth-order valence-electron chi connectivity index (χ4n) is 3.05. The van der Waals surface area contributed by atoms with Crippen LogP contribution in [0.1, 0.15) is 52.8 Å². The van der Waals surface area contributed by atoms with E-state index in [4.69, 9.17) is 4.74 Å². The van der Waals surface area contributed by atoms with Crippen LogP contribution < -0.4 is 10.1 Å². The summed E-state index contributed by atoms with van der Waals surface area (Å²) in [4.78, 5) is 8.81. The third kappa shape index (κ3) is 5.95. The summed E-state index contributed by atoms with van der Waals surface area (Å²) in [6, 6.07) is 0.0568. The molecule has 2 N–H and O–H groups in total. The SMILES string of the molecule is CC(C)CC1CCC=C(c2ncc(OC(C)C)cn2)NC1CO.Cl. The van der Waals surface area contributed by atoms with Gasteiger partial charge in [0.25, 0.3) is 0 Å². The Labute approximate surface area is 151 Å². The van der Waals surface area contributed by atoms with Gasteiger partial charge in [-0.15, -0.1) is 12.4 Å². The van der Waals surface area contributed by atoms with E-state index in [1.165, 1.54) is 0 Å². The maximum atomic E-state index is 9.76. The quantitative estimate of drug-likeness (QED) is 0.818. The van der Waals surface area contributed by atoms with E-state index < -0.39 is 0 Å². The Morgan fingerprint density at radius 3 is 2.46 bits per heavy atom. The van der Waals surface area contributed by atoms with Gasteiger partial charge in [-0.05, 0) is 44.9 Å². The molecule has 0 saturated heterocycles. The molecule has 0 amide bonds. The minimum Gasteiger partial charge on any atom is -0.488 e. The Balaban J connectivity index is 0.00000288. The standard InChI is InChI=1S/C18H29N3O2.ClH/c1-12(2)8-14-6-5-7-16(21-17(14)11-22)18-19-9-15(10-20-18)23-13(3)4;/h7,9-10,12-14,17,21-22H,5-6,8,11H2,1-4H3;1H. The van der Waals surface area contributed by atoms with E-state index in [9.17, 15) is 5.11 Å². The van der Waals surface area contributed by atoms with Gasteiger partial charge in [-0.3, -0.25) is 0 Å². The number of aromatic nitrogens is 2. The van der Waals surface area contributed by atoms with Crippen LogP contribution in [0, 0.1) is 11.8 Å². The number of halogens is 1. The first-order valence-corrected chi connectivity index (χ1v) is 8.56. The lowest BCUT2D eigenvalue weighted by Crippen LogP contribution is -2.38. The summed E-state index contributed by atoms with van der Waals surface area (Å²) in [5, 5.41) is 13.2. The lowest BCUT2D eigenvalue weighted by molar-refractivity contribution is 0.193. The second kappa shape index (κ2) is 9.84. The van der Waals surface area contributed by atoms with Crippen LogP contribution in [0.4, 0.5) is 0 Å². The first kappa shape index (κ1) is 20.7. The molecule has 0 bridgehead atoms. The highest BCUT2D eigenvalue weighted by atomic mass is 35.5. The molecule has 1 aliphatic rings. The third-order valence-electron chi connectivity index (χ3n) is 4.01. The van der Waals surface area contributed by atoms with Gasteiger partial charge in [-0.2, -0.15) is 0 Å². The lowest BCUT2D eigenvalue weighted by Gasteiger charge is -2.27. The van der Waals surface area contributed by atoms with E-state index in [-0.39, 0.29) is 31.2 Å². The molecule has 2 heterocycles. The number of hydrogen-bond donors (Lipinski definition) is 2. The van der Waals surface area contributed by atoms with Crippen molar-refractivity contribution in [2.75, 3.05) is 6.61 Å². The molecule has 1 aromatic rings. The van der Waals surface area contributed by atoms with E-state index in [0.717, 1.165) is 25.0 Å². The normalized spacial score (nSPS) is 20.9. The number of ether oxygens (including phenoxy) is 1. The number of hydrogen-bond acceptors (Lipinski definition) is 5. The zero-order valence-electron chi connectivity index (χ0n) is 15.0. The highest BCUT2D eigenvalue weighted by Crippen LogP contribution is 2.26. The third-order valence-corrected chi connectivity index (χ3v) is 4.01. The molecule has 2 unspecified atom stereocenters. The maximum Gasteiger partial charge on any atom is 0.175 e. The average Bonchev–Trinajstić information content (AvgIpc) is 2.69. The van der Waals surface area contributed by atoms with Gasteiger partial charge in [0.05, 0.1) is 36.8 Å². The predicted molar refractivity (Wildman–Crippen MR) is 99.2 cm³/mol. The summed E-state index contributed by atoms with van der Waals surface area (Å²) in [5.41, 5.74) is 0.909. The lowest BCUT2D eigenvalue weighted by atomic mass is 9.87. The molecule has 0 aromatic carbocycles. The highest BCUT2D eigenvalue weighted by Gasteiger charge is 2.25. The topological polar surface area (TPSA) is 67.3 Å². The van der Waals surface area contributed by atoms with E-state index in [0.29, 0.717) is 23.4 Å². The maximum absolute atomic E-state index is 9.76. The van der Waals surface area contributed by atoms with Crippen molar-refractivity contribution in [3.05, 3.63) is 24.3 Å². The molecule has 24 heavy (non-hydrogen) atoms. The largest absolute Gasteiger partial charge is 0.488 e.